The summed E-state index contributed by atoms with van der Waals surface area (Å²) in [6, 6.07) is 0. The number of rotatable bonds is 52. The van der Waals surface area contributed by atoms with Crippen molar-refractivity contribution < 1.29 is 28.6 Å². The van der Waals surface area contributed by atoms with Gasteiger partial charge in [0.25, 0.3) is 0 Å². The molecule has 0 rings (SSSR count). The fourth-order valence-corrected chi connectivity index (χ4v) is 7.81. The summed E-state index contributed by atoms with van der Waals surface area (Å²) in [5, 5.41) is 0. The number of ether oxygens (including phenoxy) is 3. The first-order chi connectivity index (χ1) is 35.5. The quantitative estimate of drug-likeness (QED) is 0.0261. The zero-order valence-corrected chi connectivity index (χ0v) is 46.7. The van der Waals surface area contributed by atoms with E-state index in [0.717, 1.165) is 148 Å². The summed E-state index contributed by atoms with van der Waals surface area (Å²) < 4.78 is 16.9. The van der Waals surface area contributed by atoms with E-state index < -0.39 is 6.10 Å². The summed E-state index contributed by atoms with van der Waals surface area (Å²) in [5.74, 6) is -0.944. The van der Waals surface area contributed by atoms with Gasteiger partial charge in [-0.2, -0.15) is 0 Å². The molecule has 0 fully saturated rings. The van der Waals surface area contributed by atoms with Gasteiger partial charge in [-0.3, -0.25) is 14.4 Å². The lowest BCUT2D eigenvalue weighted by Crippen LogP contribution is -2.30. The normalized spacial score (nSPS) is 13.0. The van der Waals surface area contributed by atoms with Gasteiger partial charge in [0.1, 0.15) is 13.2 Å². The van der Waals surface area contributed by atoms with Crippen molar-refractivity contribution in [2.75, 3.05) is 13.2 Å². The van der Waals surface area contributed by atoms with Crippen molar-refractivity contribution in [3.05, 3.63) is 122 Å². The Morgan fingerprint density at radius 2 is 0.542 bits per heavy atom. The molecule has 0 aliphatic rings. The van der Waals surface area contributed by atoms with Gasteiger partial charge in [0, 0.05) is 19.3 Å². The topological polar surface area (TPSA) is 78.9 Å². The van der Waals surface area contributed by atoms with E-state index in [4.69, 9.17) is 14.2 Å². The first kappa shape index (κ1) is 67.8. The van der Waals surface area contributed by atoms with E-state index in [1.165, 1.54) is 70.6 Å². The standard InChI is InChI=1S/C66H108O6/c1-4-7-10-13-16-19-22-25-28-31-33-36-38-41-44-47-50-53-56-59-65(68)71-62-63(61-70-64(67)58-55-52-49-46-43-40-37-34-30-27-24-21-18-15-12-9-6-3)72-66(69)60-57-54-51-48-45-42-39-35-32-29-26-23-20-17-14-11-8-5-2/h7,9-10,12,16,18-21,23,25,27-30,32-33,36-37,40,63H,4-6,8,11,13-15,17,22,24,26,31,34-35,38-39,41-62H2,1-3H3/b10-7-,12-9-,19-16-,21-18-,23-20-,28-25-,30-27-,32-29-,36-33-,40-37-. The van der Waals surface area contributed by atoms with E-state index in [1.54, 1.807) is 0 Å². The SMILES string of the molecule is CC/C=C\C/C=C\C/C=C\C/C=C\CCCCCCCCC(=O)OCC(COC(=O)CCCCCC/C=C\C/C=C\C/C=C\C/C=C\CC)OC(=O)CCCCCCCCC/C=C\C/C=C\CCCCCC. The molecule has 0 spiro atoms. The molecule has 6 nitrogen and oxygen atoms in total. The lowest BCUT2D eigenvalue weighted by atomic mass is 10.1. The zero-order valence-electron chi connectivity index (χ0n) is 46.7. The summed E-state index contributed by atoms with van der Waals surface area (Å²) in [6.07, 6.45) is 81.8. The van der Waals surface area contributed by atoms with Gasteiger partial charge in [-0.15, -0.1) is 0 Å². The van der Waals surface area contributed by atoms with E-state index in [2.05, 4.69) is 142 Å². The highest BCUT2D eigenvalue weighted by molar-refractivity contribution is 5.71. The second-order valence-electron chi connectivity index (χ2n) is 19.1. The third-order valence-electron chi connectivity index (χ3n) is 12.2. The predicted molar refractivity (Wildman–Crippen MR) is 311 cm³/mol. The predicted octanol–water partition coefficient (Wildman–Crippen LogP) is 20.0. The smallest absolute Gasteiger partial charge is 0.306 e. The Labute approximate surface area is 443 Å². The van der Waals surface area contributed by atoms with Gasteiger partial charge in [-0.1, -0.05) is 232 Å². The maximum atomic E-state index is 12.9. The van der Waals surface area contributed by atoms with Gasteiger partial charge in [-0.05, 0) is 128 Å². The fraction of sp³-hybridized carbons (Fsp3) is 0.652. The number of hydrogen-bond donors (Lipinski definition) is 0. The van der Waals surface area contributed by atoms with Crippen LogP contribution >= 0.6 is 0 Å². The average Bonchev–Trinajstić information content (AvgIpc) is 3.38. The minimum absolute atomic E-state index is 0.0997. The summed E-state index contributed by atoms with van der Waals surface area (Å²) in [5.41, 5.74) is 0. The van der Waals surface area contributed by atoms with Gasteiger partial charge < -0.3 is 14.2 Å². The maximum absolute atomic E-state index is 12.9. The van der Waals surface area contributed by atoms with Crippen LogP contribution in [-0.2, 0) is 28.6 Å². The molecule has 408 valence electrons. The molecule has 0 heterocycles. The molecular weight excluding hydrogens is 889 g/mol. The van der Waals surface area contributed by atoms with Gasteiger partial charge >= 0.3 is 17.9 Å². The first-order valence-corrected chi connectivity index (χ1v) is 29.5. The van der Waals surface area contributed by atoms with Gasteiger partial charge in [0.2, 0.25) is 0 Å². The van der Waals surface area contributed by atoms with Crippen LogP contribution in [0.15, 0.2) is 122 Å². The third kappa shape index (κ3) is 56.7. The van der Waals surface area contributed by atoms with Crippen molar-refractivity contribution in [2.45, 2.75) is 264 Å². The Bertz CT molecular complexity index is 1520. The second kappa shape index (κ2) is 59.4. The Balaban J connectivity index is 4.49. The molecule has 0 aliphatic carbocycles. The Morgan fingerprint density at radius 3 is 0.847 bits per heavy atom. The highest BCUT2D eigenvalue weighted by atomic mass is 16.6. The Hall–Kier alpha value is -4.19. The lowest BCUT2D eigenvalue weighted by Gasteiger charge is -2.18. The lowest BCUT2D eigenvalue weighted by molar-refractivity contribution is -0.167. The van der Waals surface area contributed by atoms with Crippen molar-refractivity contribution in [3.63, 3.8) is 0 Å². The molecule has 0 amide bonds. The maximum Gasteiger partial charge on any atom is 0.306 e. The largest absolute Gasteiger partial charge is 0.462 e. The molecule has 0 bridgehead atoms. The van der Waals surface area contributed by atoms with E-state index in [0.29, 0.717) is 19.3 Å². The van der Waals surface area contributed by atoms with Gasteiger partial charge in [-0.25, -0.2) is 0 Å². The van der Waals surface area contributed by atoms with Crippen LogP contribution in [0.1, 0.15) is 258 Å². The average molecular weight is 998 g/mol. The fourth-order valence-electron chi connectivity index (χ4n) is 7.81. The number of esters is 3. The van der Waals surface area contributed by atoms with Crippen LogP contribution in [0.25, 0.3) is 0 Å². The number of carbonyl (C=O) groups excluding carboxylic acids is 3. The van der Waals surface area contributed by atoms with E-state index >= 15 is 0 Å². The minimum atomic E-state index is -0.803. The molecule has 0 N–H and O–H groups in total. The summed E-state index contributed by atoms with van der Waals surface area (Å²) >= 11 is 0. The van der Waals surface area contributed by atoms with E-state index in [-0.39, 0.29) is 31.1 Å². The molecule has 1 unspecified atom stereocenters. The van der Waals surface area contributed by atoms with Crippen LogP contribution in [0, 0.1) is 0 Å². The number of hydrogen-bond acceptors (Lipinski definition) is 6. The number of carbonyl (C=O) groups is 3. The summed E-state index contributed by atoms with van der Waals surface area (Å²) in [6.45, 7) is 6.36. The van der Waals surface area contributed by atoms with Crippen LogP contribution in [0.2, 0.25) is 0 Å². The second-order valence-corrected chi connectivity index (χ2v) is 19.1. The molecule has 72 heavy (non-hydrogen) atoms. The van der Waals surface area contributed by atoms with Crippen molar-refractivity contribution in [2.24, 2.45) is 0 Å². The number of allylic oxidation sites excluding steroid dienone is 20. The van der Waals surface area contributed by atoms with Crippen molar-refractivity contribution in [3.8, 4) is 0 Å². The highest BCUT2D eigenvalue weighted by Gasteiger charge is 2.19. The zero-order chi connectivity index (χ0) is 52.2. The molecule has 0 aromatic heterocycles. The van der Waals surface area contributed by atoms with Gasteiger partial charge in [0.05, 0.1) is 0 Å². The third-order valence-corrected chi connectivity index (χ3v) is 12.2. The monoisotopic (exact) mass is 997 g/mol. The summed E-state index contributed by atoms with van der Waals surface area (Å²) in [4.78, 5) is 38.2. The summed E-state index contributed by atoms with van der Waals surface area (Å²) in [7, 11) is 0. The van der Waals surface area contributed by atoms with E-state index in [1.807, 2.05) is 0 Å². The minimum Gasteiger partial charge on any atom is -0.462 e. The van der Waals surface area contributed by atoms with Crippen LogP contribution in [-0.4, -0.2) is 37.2 Å². The molecule has 0 aliphatic heterocycles. The highest BCUT2D eigenvalue weighted by Crippen LogP contribution is 2.14. The molecule has 1 atom stereocenters. The molecule has 0 aromatic carbocycles. The van der Waals surface area contributed by atoms with Gasteiger partial charge in [0.15, 0.2) is 6.10 Å². The molecule has 0 aromatic rings. The molecule has 6 heteroatoms. The first-order valence-electron chi connectivity index (χ1n) is 29.5. The van der Waals surface area contributed by atoms with Crippen LogP contribution in [0.4, 0.5) is 0 Å². The molecule has 0 radical (unpaired) electrons. The van der Waals surface area contributed by atoms with E-state index in [9.17, 15) is 14.4 Å². The molecule has 0 saturated heterocycles. The van der Waals surface area contributed by atoms with Crippen LogP contribution in [0.3, 0.4) is 0 Å². The van der Waals surface area contributed by atoms with Crippen LogP contribution in [0.5, 0.6) is 0 Å². The van der Waals surface area contributed by atoms with Crippen molar-refractivity contribution in [1.29, 1.82) is 0 Å². The molecular formula is C66H108O6. The number of unbranched alkanes of at least 4 members (excludes halogenated alkanes) is 21. The Morgan fingerprint density at radius 1 is 0.292 bits per heavy atom. The van der Waals surface area contributed by atoms with Crippen molar-refractivity contribution >= 4 is 17.9 Å². The molecule has 0 saturated carbocycles. The van der Waals surface area contributed by atoms with Crippen LogP contribution < -0.4 is 0 Å². The van der Waals surface area contributed by atoms with Crippen molar-refractivity contribution in [1.82, 2.24) is 0 Å². The Kier molecular flexibility index (Phi) is 55.9.